The van der Waals surface area contributed by atoms with Crippen LogP contribution in [0, 0.1) is 18.8 Å². The SMILES string of the molecule is COC(=O)c1ccc(C#Cc2ccccc2C)c(N)c1. The minimum Gasteiger partial charge on any atom is -0.465 e. The van der Waals surface area contributed by atoms with Crippen molar-refractivity contribution in [2.75, 3.05) is 12.8 Å². The second-order valence-electron chi connectivity index (χ2n) is 4.36. The Morgan fingerprint density at radius 3 is 2.45 bits per heavy atom. The number of aryl methyl sites for hydroxylation is 1. The van der Waals surface area contributed by atoms with Crippen LogP contribution in [0.15, 0.2) is 42.5 Å². The molecule has 20 heavy (non-hydrogen) atoms. The number of hydrogen-bond donors (Lipinski definition) is 1. The molecule has 2 rings (SSSR count). The van der Waals surface area contributed by atoms with Crippen LogP contribution < -0.4 is 5.73 Å². The molecule has 0 unspecified atom stereocenters. The van der Waals surface area contributed by atoms with Crippen molar-refractivity contribution in [3.8, 4) is 11.8 Å². The third-order valence-electron chi connectivity index (χ3n) is 2.95. The van der Waals surface area contributed by atoms with Gasteiger partial charge in [0.05, 0.1) is 12.7 Å². The number of carbonyl (C=O) groups excluding carboxylic acids is 1. The van der Waals surface area contributed by atoms with Crippen molar-refractivity contribution in [2.24, 2.45) is 0 Å². The van der Waals surface area contributed by atoms with Crippen molar-refractivity contribution in [1.82, 2.24) is 0 Å². The minimum atomic E-state index is -0.407. The summed E-state index contributed by atoms with van der Waals surface area (Å²) in [6.45, 7) is 2.01. The first kappa shape index (κ1) is 13.7. The van der Waals surface area contributed by atoms with Gasteiger partial charge in [-0.15, -0.1) is 0 Å². The van der Waals surface area contributed by atoms with E-state index in [-0.39, 0.29) is 0 Å². The lowest BCUT2D eigenvalue weighted by molar-refractivity contribution is 0.0601. The number of hydrogen-bond acceptors (Lipinski definition) is 3. The van der Waals surface area contributed by atoms with Gasteiger partial charge in [-0.05, 0) is 36.8 Å². The van der Waals surface area contributed by atoms with Crippen LogP contribution in [-0.4, -0.2) is 13.1 Å². The van der Waals surface area contributed by atoms with Gasteiger partial charge in [-0.3, -0.25) is 0 Å². The Labute approximate surface area is 118 Å². The first-order chi connectivity index (χ1) is 9.61. The summed E-state index contributed by atoms with van der Waals surface area (Å²) < 4.78 is 4.65. The van der Waals surface area contributed by atoms with E-state index in [1.165, 1.54) is 7.11 Å². The largest absolute Gasteiger partial charge is 0.465 e. The molecule has 0 bridgehead atoms. The van der Waals surface area contributed by atoms with Gasteiger partial charge in [-0.2, -0.15) is 0 Å². The van der Waals surface area contributed by atoms with E-state index in [0.29, 0.717) is 16.8 Å². The molecule has 0 aromatic heterocycles. The molecule has 0 saturated carbocycles. The zero-order valence-electron chi connectivity index (χ0n) is 11.4. The van der Waals surface area contributed by atoms with Gasteiger partial charge in [-0.1, -0.05) is 30.0 Å². The molecule has 2 aromatic carbocycles. The Balaban J connectivity index is 2.32. The highest BCUT2D eigenvalue weighted by atomic mass is 16.5. The van der Waals surface area contributed by atoms with Crippen LogP contribution in [-0.2, 0) is 4.74 Å². The minimum absolute atomic E-state index is 0.407. The summed E-state index contributed by atoms with van der Waals surface area (Å²) in [6.07, 6.45) is 0. The molecule has 0 atom stereocenters. The van der Waals surface area contributed by atoms with Crippen molar-refractivity contribution < 1.29 is 9.53 Å². The summed E-state index contributed by atoms with van der Waals surface area (Å²) >= 11 is 0. The van der Waals surface area contributed by atoms with E-state index in [2.05, 4.69) is 16.6 Å². The summed E-state index contributed by atoms with van der Waals surface area (Å²) in [5.41, 5.74) is 9.57. The van der Waals surface area contributed by atoms with E-state index in [1.54, 1.807) is 18.2 Å². The highest BCUT2D eigenvalue weighted by molar-refractivity contribution is 5.90. The lowest BCUT2D eigenvalue weighted by Crippen LogP contribution is -2.02. The van der Waals surface area contributed by atoms with Crippen molar-refractivity contribution in [3.63, 3.8) is 0 Å². The number of methoxy groups -OCH3 is 1. The van der Waals surface area contributed by atoms with Gasteiger partial charge in [0.25, 0.3) is 0 Å². The summed E-state index contributed by atoms with van der Waals surface area (Å²) in [5, 5.41) is 0. The Bertz CT molecular complexity index is 708. The first-order valence-electron chi connectivity index (χ1n) is 6.17. The quantitative estimate of drug-likeness (QED) is 0.490. The molecule has 0 spiro atoms. The highest BCUT2D eigenvalue weighted by Gasteiger charge is 2.06. The number of carbonyl (C=O) groups is 1. The number of ether oxygens (including phenoxy) is 1. The van der Waals surface area contributed by atoms with Gasteiger partial charge in [0.15, 0.2) is 0 Å². The molecule has 0 fully saturated rings. The third kappa shape index (κ3) is 2.99. The molecule has 0 amide bonds. The van der Waals surface area contributed by atoms with E-state index < -0.39 is 5.97 Å². The number of nitrogen functional groups attached to an aromatic ring is 1. The maximum absolute atomic E-state index is 11.4. The smallest absolute Gasteiger partial charge is 0.337 e. The van der Waals surface area contributed by atoms with Crippen LogP contribution in [0.1, 0.15) is 27.0 Å². The molecule has 0 heterocycles. The van der Waals surface area contributed by atoms with Crippen molar-refractivity contribution in [2.45, 2.75) is 6.92 Å². The van der Waals surface area contributed by atoms with Crippen molar-refractivity contribution in [3.05, 3.63) is 64.7 Å². The first-order valence-corrected chi connectivity index (χ1v) is 6.17. The lowest BCUT2D eigenvalue weighted by Gasteiger charge is -2.02. The molecular formula is C17H15NO2. The molecule has 100 valence electrons. The average molecular weight is 265 g/mol. The fourth-order valence-electron chi connectivity index (χ4n) is 1.77. The normalized spacial score (nSPS) is 9.50. The molecule has 0 aliphatic rings. The molecule has 0 saturated heterocycles. The highest BCUT2D eigenvalue weighted by Crippen LogP contribution is 2.14. The van der Waals surface area contributed by atoms with Crippen LogP contribution in [0.4, 0.5) is 5.69 Å². The third-order valence-corrected chi connectivity index (χ3v) is 2.95. The maximum Gasteiger partial charge on any atom is 0.337 e. The summed E-state index contributed by atoms with van der Waals surface area (Å²) in [4.78, 5) is 11.4. The molecule has 2 aromatic rings. The van der Waals surface area contributed by atoms with Gasteiger partial charge >= 0.3 is 5.97 Å². The molecule has 3 nitrogen and oxygen atoms in total. The number of anilines is 1. The van der Waals surface area contributed by atoms with Crippen molar-refractivity contribution >= 4 is 11.7 Å². The van der Waals surface area contributed by atoms with Crippen LogP contribution in [0.5, 0.6) is 0 Å². The van der Waals surface area contributed by atoms with Crippen LogP contribution in [0.3, 0.4) is 0 Å². The van der Waals surface area contributed by atoms with Gasteiger partial charge in [0.2, 0.25) is 0 Å². The Hall–Kier alpha value is -2.73. The molecule has 3 heteroatoms. The van der Waals surface area contributed by atoms with E-state index >= 15 is 0 Å². The lowest BCUT2D eigenvalue weighted by atomic mass is 10.1. The van der Waals surface area contributed by atoms with Gasteiger partial charge in [-0.25, -0.2) is 4.79 Å². The van der Waals surface area contributed by atoms with Crippen molar-refractivity contribution in [1.29, 1.82) is 0 Å². The van der Waals surface area contributed by atoms with Gasteiger partial charge in [0.1, 0.15) is 0 Å². The Morgan fingerprint density at radius 2 is 1.80 bits per heavy atom. The summed E-state index contributed by atoms with van der Waals surface area (Å²) in [7, 11) is 1.34. The maximum atomic E-state index is 11.4. The fourth-order valence-corrected chi connectivity index (χ4v) is 1.77. The Kier molecular flexibility index (Phi) is 4.07. The number of benzene rings is 2. The van der Waals surface area contributed by atoms with E-state index in [4.69, 9.17) is 5.73 Å². The van der Waals surface area contributed by atoms with Crippen LogP contribution >= 0.6 is 0 Å². The van der Waals surface area contributed by atoms with Gasteiger partial charge < -0.3 is 10.5 Å². The summed E-state index contributed by atoms with van der Waals surface area (Å²) in [5.74, 6) is 5.71. The number of nitrogens with two attached hydrogens (primary N) is 1. The molecular weight excluding hydrogens is 250 g/mol. The zero-order valence-corrected chi connectivity index (χ0v) is 11.4. The molecule has 2 N–H and O–H groups in total. The average Bonchev–Trinajstić information content (AvgIpc) is 2.46. The topological polar surface area (TPSA) is 52.3 Å². The number of rotatable bonds is 1. The van der Waals surface area contributed by atoms with E-state index in [9.17, 15) is 4.79 Å². The fraction of sp³-hybridized carbons (Fsp3) is 0.118. The zero-order chi connectivity index (χ0) is 14.5. The molecule has 0 radical (unpaired) electrons. The van der Waals surface area contributed by atoms with Crippen LogP contribution in [0.2, 0.25) is 0 Å². The predicted octanol–water partition coefficient (Wildman–Crippen LogP) is 2.76. The van der Waals surface area contributed by atoms with E-state index in [0.717, 1.165) is 11.1 Å². The van der Waals surface area contributed by atoms with Crippen LogP contribution in [0.25, 0.3) is 0 Å². The monoisotopic (exact) mass is 265 g/mol. The summed E-state index contributed by atoms with van der Waals surface area (Å²) in [6, 6.07) is 12.8. The Morgan fingerprint density at radius 1 is 1.10 bits per heavy atom. The second-order valence-corrected chi connectivity index (χ2v) is 4.36. The molecule has 0 aliphatic heterocycles. The second kappa shape index (κ2) is 5.94. The number of esters is 1. The van der Waals surface area contributed by atoms with E-state index in [1.807, 2.05) is 31.2 Å². The molecule has 0 aliphatic carbocycles. The predicted molar refractivity (Wildman–Crippen MR) is 79.4 cm³/mol. The van der Waals surface area contributed by atoms with Gasteiger partial charge in [0, 0.05) is 16.8 Å². The standard InChI is InChI=1S/C17H15NO2/c1-12-5-3-4-6-13(12)7-8-14-9-10-15(11-16(14)18)17(19)20-2/h3-6,9-11H,18H2,1-2H3.